The molecule has 1 saturated heterocycles. The van der Waals surface area contributed by atoms with Crippen molar-refractivity contribution in [1.29, 1.82) is 0 Å². The summed E-state index contributed by atoms with van der Waals surface area (Å²) in [5.74, 6) is 1.24. The molecule has 126 valence electrons. The van der Waals surface area contributed by atoms with Gasteiger partial charge in [0.05, 0.1) is 19.2 Å². The van der Waals surface area contributed by atoms with Crippen LogP contribution in [0.5, 0.6) is 11.6 Å². The number of ether oxygens (including phenoxy) is 2. The average Bonchev–Trinajstić information content (AvgIpc) is 3.05. The summed E-state index contributed by atoms with van der Waals surface area (Å²) in [7, 11) is 1.59. The molecule has 1 amide bonds. The van der Waals surface area contributed by atoms with Crippen molar-refractivity contribution in [2.45, 2.75) is 19.4 Å². The highest BCUT2D eigenvalue weighted by atomic mass is 79.9. The highest BCUT2D eigenvalue weighted by Gasteiger charge is 2.29. The van der Waals surface area contributed by atoms with Crippen LogP contribution in [0.1, 0.15) is 22.3 Å². The fourth-order valence-corrected chi connectivity index (χ4v) is 3.09. The van der Waals surface area contributed by atoms with Gasteiger partial charge in [0.15, 0.2) is 0 Å². The number of carbonyl (C=O) groups excluding carboxylic acids is 1. The molecule has 1 unspecified atom stereocenters. The Kier molecular flexibility index (Phi) is 5.04. The van der Waals surface area contributed by atoms with Gasteiger partial charge in [0, 0.05) is 29.7 Å². The third kappa shape index (κ3) is 3.70. The first-order valence-electron chi connectivity index (χ1n) is 7.79. The van der Waals surface area contributed by atoms with E-state index in [1.807, 2.05) is 31.2 Å². The van der Waals surface area contributed by atoms with Gasteiger partial charge in [-0.3, -0.25) is 4.79 Å². The van der Waals surface area contributed by atoms with E-state index in [2.05, 4.69) is 20.9 Å². The first-order chi connectivity index (χ1) is 11.6. The van der Waals surface area contributed by atoms with E-state index in [-0.39, 0.29) is 12.0 Å². The van der Waals surface area contributed by atoms with Crippen molar-refractivity contribution in [3.63, 3.8) is 0 Å². The van der Waals surface area contributed by atoms with Crippen LogP contribution in [0.2, 0.25) is 0 Å². The number of rotatable bonds is 4. The van der Waals surface area contributed by atoms with Gasteiger partial charge in [0.1, 0.15) is 11.9 Å². The average molecular weight is 391 g/mol. The third-order valence-corrected chi connectivity index (χ3v) is 4.70. The summed E-state index contributed by atoms with van der Waals surface area (Å²) in [5, 5.41) is 0. The molecule has 2 aromatic rings. The molecule has 1 aromatic heterocycles. The fourth-order valence-electron chi connectivity index (χ4n) is 2.67. The number of methoxy groups -OCH3 is 1. The van der Waals surface area contributed by atoms with Gasteiger partial charge in [-0.2, -0.15) is 0 Å². The van der Waals surface area contributed by atoms with Crippen molar-refractivity contribution in [1.82, 2.24) is 9.88 Å². The number of benzene rings is 1. The lowest BCUT2D eigenvalue weighted by atomic mass is 10.2. The summed E-state index contributed by atoms with van der Waals surface area (Å²) in [6.45, 7) is 3.20. The second-order valence-corrected chi connectivity index (χ2v) is 6.65. The molecule has 1 fully saturated rings. The van der Waals surface area contributed by atoms with E-state index in [1.165, 1.54) is 0 Å². The quantitative estimate of drug-likeness (QED) is 0.801. The van der Waals surface area contributed by atoms with Gasteiger partial charge in [-0.1, -0.05) is 6.07 Å². The predicted octanol–water partition coefficient (Wildman–Crippen LogP) is 3.45. The van der Waals surface area contributed by atoms with E-state index in [0.29, 0.717) is 30.3 Å². The molecule has 24 heavy (non-hydrogen) atoms. The predicted molar refractivity (Wildman–Crippen MR) is 94.6 cm³/mol. The zero-order valence-electron chi connectivity index (χ0n) is 13.7. The number of nitrogens with zero attached hydrogens (tertiary/aromatic N) is 2. The molecule has 2 heterocycles. The number of hydrogen-bond acceptors (Lipinski definition) is 4. The van der Waals surface area contributed by atoms with Gasteiger partial charge in [0.25, 0.3) is 5.91 Å². The summed E-state index contributed by atoms with van der Waals surface area (Å²) in [5.41, 5.74) is 1.69. The smallest absolute Gasteiger partial charge is 0.255 e. The second-order valence-electron chi connectivity index (χ2n) is 5.80. The molecule has 0 saturated carbocycles. The van der Waals surface area contributed by atoms with Crippen molar-refractivity contribution in [2.75, 3.05) is 20.2 Å². The van der Waals surface area contributed by atoms with Crippen LogP contribution in [0.25, 0.3) is 0 Å². The first-order valence-corrected chi connectivity index (χ1v) is 8.58. The number of halogens is 1. The van der Waals surface area contributed by atoms with E-state index in [4.69, 9.17) is 9.47 Å². The molecule has 0 N–H and O–H groups in total. The van der Waals surface area contributed by atoms with Crippen molar-refractivity contribution in [3.05, 3.63) is 52.1 Å². The molecule has 1 aliphatic heterocycles. The van der Waals surface area contributed by atoms with E-state index in [0.717, 1.165) is 16.5 Å². The zero-order chi connectivity index (χ0) is 17.1. The second kappa shape index (κ2) is 7.21. The zero-order valence-corrected chi connectivity index (χ0v) is 15.2. The Hall–Kier alpha value is -2.08. The summed E-state index contributed by atoms with van der Waals surface area (Å²) < 4.78 is 11.9. The van der Waals surface area contributed by atoms with E-state index in [9.17, 15) is 4.79 Å². The van der Waals surface area contributed by atoms with Crippen LogP contribution in [0, 0.1) is 6.92 Å². The topological polar surface area (TPSA) is 51.7 Å². The van der Waals surface area contributed by atoms with Gasteiger partial charge >= 0.3 is 0 Å². The summed E-state index contributed by atoms with van der Waals surface area (Å²) >= 11 is 3.44. The lowest BCUT2D eigenvalue weighted by molar-refractivity contribution is 0.0770. The normalized spacial score (nSPS) is 17.0. The van der Waals surface area contributed by atoms with Crippen LogP contribution in [0.3, 0.4) is 0 Å². The van der Waals surface area contributed by atoms with E-state index >= 15 is 0 Å². The monoisotopic (exact) mass is 390 g/mol. The molecule has 0 aliphatic carbocycles. The summed E-state index contributed by atoms with van der Waals surface area (Å²) in [6.07, 6.45) is 2.54. The number of hydrogen-bond donors (Lipinski definition) is 0. The Morgan fingerprint density at radius 2 is 2.17 bits per heavy atom. The highest BCUT2D eigenvalue weighted by molar-refractivity contribution is 9.10. The molecule has 3 rings (SSSR count). The molecule has 5 nitrogen and oxygen atoms in total. The Labute approximate surface area is 149 Å². The molecule has 1 aromatic carbocycles. The maximum Gasteiger partial charge on any atom is 0.255 e. The first kappa shape index (κ1) is 16.8. The maximum atomic E-state index is 12.7. The van der Waals surface area contributed by atoms with Crippen molar-refractivity contribution in [3.8, 4) is 11.6 Å². The molecule has 0 spiro atoms. The molecule has 1 atom stereocenters. The van der Waals surface area contributed by atoms with Gasteiger partial charge in [0.2, 0.25) is 5.88 Å². The van der Waals surface area contributed by atoms with Crippen LogP contribution in [-0.4, -0.2) is 42.1 Å². The maximum absolute atomic E-state index is 12.7. The lowest BCUT2D eigenvalue weighted by Crippen LogP contribution is -2.31. The van der Waals surface area contributed by atoms with Crippen LogP contribution in [-0.2, 0) is 0 Å². The largest absolute Gasteiger partial charge is 0.497 e. The standard InChI is InChI=1S/C18H19BrN2O3/c1-12-3-6-17(20-10-12)24-14-7-8-21(11-14)18(22)15-9-13(23-2)4-5-16(15)19/h3-6,9-10,14H,7-8,11H2,1-2H3. The van der Waals surface area contributed by atoms with Gasteiger partial charge in [-0.25, -0.2) is 4.98 Å². The highest BCUT2D eigenvalue weighted by Crippen LogP contribution is 2.26. The third-order valence-electron chi connectivity index (χ3n) is 4.01. The molecule has 6 heteroatoms. The van der Waals surface area contributed by atoms with E-state index < -0.39 is 0 Å². The van der Waals surface area contributed by atoms with Crippen LogP contribution >= 0.6 is 15.9 Å². The Balaban J connectivity index is 1.66. The molecule has 1 aliphatic rings. The van der Waals surface area contributed by atoms with Crippen molar-refractivity contribution in [2.24, 2.45) is 0 Å². The Morgan fingerprint density at radius 1 is 1.33 bits per heavy atom. The van der Waals surface area contributed by atoms with Gasteiger partial charge in [-0.15, -0.1) is 0 Å². The minimum atomic E-state index is -0.0338. The minimum absolute atomic E-state index is 0.0243. The van der Waals surface area contributed by atoms with Crippen molar-refractivity contribution < 1.29 is 14.3 Å². The van der Waals surface area contributed by atoms with Gasteiger partial charge in [-0.05, 0) is 46.6 Å². The molecular weight excluding hydrogens is 372 g/mol. The minimum Gasteiger partial charge on any atom is -0.497 e. The molecule has 0 bridgehead atoms. The van der Waals surface area contributed by atoms with Crippen LogP contribution in [0.15, 0.2) is 41.0 Å². The van der Waals surface area contributed by atoms with Crippen LogP contribution in [0.4, 0.5) is 0 Å². The Morgan fingerprint density at radius 3 is 2.88 bits per heavy atom. The molecule has 0 radical (unpaired) electrons. The molecular formula is C18H19BrN2O3. The number of aromatic nitrogens is 1. The van der Waals surface area contributed by atoms with Gasteiger partial charge < -0.3 is 14.4 Å². The van der Waals surface area contributed by atoms with E-state index in [1.54, 1.807) is 24.3 Å². The lowest BCUT2D eigenvalue weighted by Gasteiger charge is -2.18. The number of carbonyl (C=O) groups is 1. The Bertz CT molecular complexity index is 734. The van der Waals surface area contributed by atoms with Crippen molar-refractivity contribution >= 4 is 21.8 Å². The fraction of sp³-hybridized carbons (Fsp3) is 0.333. The number of pyridine rings is 1. The number of likely N-dealkylation sites (tertiary alicyclic amines) is 1. The SMILES string of the molecule is COc1ccc(Br)c(C(=O)N2CCC(Oc3ccc(C)cn3)C2)c1. The summed E-state index contributed by atoms with van der Waals surface area (Å²) in [6, 6.07) is 9.22. The summed E-state index contributed by atoms with van der Waals surface area (Å²) in [4.78, 5) is 18.8. The number of amides is 1. The van der Waals surface area contributed by atoms with Crippen LogP contribution < -0.4 is 9.47 Å². The number of aryl methyl sites for hydroxylation is 1.